The van der Waals surface area contributed by atoms with Gasteiger partial charge in [0.25, 0.3) is 0 Å². The molecule has 0 aliphatic carbocycles. The molecular formula is C16H27N3O3. The fraction of sp³-hybridized carbons (Fsp3) is 0.625. The Labute approximate surface area is 132 Å². The SMILES string of the molecule is CC(=O)NCCOCc1ccc(COCCNC(C)C)cn1. The Kier molecular flexibility index (Phi) is 9.37. The number of nitrogens with one attached hydrogen (secondary N) is 2. The molecule has 0 radical (unpaired) electrons. The average molecular weight is 309 g/mol. The summed E-state index contributed by atoms with van der Waals surface area (Å²) in [6, 6.07) is 4.41. The van der Waals surface area contributed by atoms with Crippen molar-refractivity contribution in [2.75, 3.05) is 26.3 Å². The van der Waals surface area contributed by atoms with E-state index in [1.165, 1.54) is 6.92 Å². The number of amides is 1. The highest BCUT2D eigenvalue weighted by Gasteiger charge is 1.99. The minimum atomic E-state index is -0.0466. The molecule has 0 bridgehead atoms. The molecule has 1 aromatic heterocycles. The van der Waals surface area contributed by atoms with E-state index in [0.717, 1.165) is 17.8 Å². The van der Waals surface area contributed by atoms with Crippen LogP contribution in [0.2, 0.25) is 0 Å². The molecule has 0 fully saturated rings. The normalized spacial score (nSPS) is 10.9. The van der Waals surface area contributed by atoms with E-state index < -0.39 is 0 Å². The van der Waals surface area contributed by atoms with E-state index in [0.29, 0.717) is 39.0 Å². The van der Waals surface area contributed by atoms with E-state index in [2.05, 4.69) is 29.5 Å². The molecule has 0 spiro atoms. The van der Waals surface area contributed by atoms with Gasteiger partial charge in [0.1, 0.15) is 0 Å². The van der Waals surface area contributed by atoms with Crippen LogP contribution < -0.4 is 10.6 Å². The maximum Gasteiger partial charge on any atom is 0.216 e. The molecule has 0 atom stereocenters. The summed E-state index contributed by atoms with van der Waals surface area (Å²) in [6.45, 7) is 9.26. The minimum Gasteiger partial charge on any atom is -0.375 e. The van der Waals surface area contributed by atoms with Crippen LogP contribution in [0.3, 0.4) is 0 Å². The van der Waals surface area contributed by atoms with Crippen molar-refractivity contribution in [1.82, 2.24) is 15.6 Å². The first-order chi connectivity index (χ1) is 10.6. The number of aromatic nitrogens is 1. The number of hydrogen-bond acceptors (Lipinski definition) is 5. The van der Waals surface area contributed by atoms with Gasteiger partial charge >= 0.3 is 0 Å². The monoisotopic (exact) mass is 309 g/mol. The predicted octanol–water partition coefficient (Wildman–Crippen LogP) is 1.25. The van der Waals surface area contributed by atoms with Gasteiger partial charge in [0.15, 0.2) is 0 Å². The van der Waals surface area contributed by atoms with Crippen LogP contribution in [0.15, 0.2) is 18.3 Å². The quantitative estimate of drug-likeness (QED) is 0.602. The maximum absolute atomic E-state index is 10.7. The minimum absolute atomic E-state index is 0.0466. The van der Waals surface area contributed by atoms with Crippen LogP contribution in [0.1, 0.15) is 32.0 Å². The smallest absolute Gasteiger partial charge is 0.216 e. The fourth-order valence-electron chi connectivity index (χ4n) is 1.71. The summed E-state index contributed by atoms with van der Waals surface area (Å²) in [4.78, 5) is 15.0. The highest BCUT2D eigenvalue weighted by Crippen LogP contribution is 2.03. The van der Waals surface area contributed by atoms with Gasteiger partial charge < -0.3 is 20.1 Å². The van der Waals surface area contributed by atoms with Crippen LogP contribution in [0, 0.1) is 0 Å². The zero-order valence-electron chi connectivity index (χ0n) is 13.7. The van der Waals surface area contributed by atoms with Crippen molar-refractivity contribution >= 4 is 5.91 Å². The highest BCUT2D eigenvalue weighted by atomic mass is 16.5. The molecule has 0 aliphatic heterocycles. The number of rotatable bonds is 11. The van der Waals surface area contributed by atoms with Crippen LogP contribution in [-0.2, 0) is 27.5 Å². The van der Waals surface area contributed by atoms with Crippen molar-refractivity contribution in [3.05, 3.63) is 29.6 Å². The van der Waals surface area contributed by atoms with Gasteiger partial charge in [-0.1, -0.05) is 19.9 Å². The van der Waals surface area contributed by atoms with E-state index in [-0.39, 0.29) is 5.91 Å². The van der Waals surface area contributed by atoms with Gasteiger partial charge in [0.05, 0.1) is 32.1 Å². The maximum atomic E-state index is 10.7. The van der Waals surface area contributed by atoms with Crippen LogP contribution in [-0.4, -0.2) is 43.2 Å². The molecule has 0 saturated carbocycles. The Morgan fingerprint density at radius 2 is 1.91 bits per heavy atom. The van der Waals surface area contributed by atoms with Crippen molar-refractivity contribution in [2.45, 2.75) is 40.0 Å². The van der Waals surface area contributed by atoms with Gasteiger partial charge in [-0.15, -0.1) is 0 Å². The zero-order chi connectivity index (χ0) is 16.2. The summed E-state index contributed by atoms with van der Waals surface area (Å²) < 4.78 is 11.0. The molecule has 0 unspecified atom stereocenters. The third-order valence-electron chi connectivity index (χ3n) is 2.82. The Hall–Kier alpha value is -1.50. The molecule has 2 N–H and O–H groups in total. The van der Waals surface area contributed by atoms with Gasteiger partial charge in [0.2, 0.25) is 5.91 Å². The van der Waals surface area contributed by atoms with Gasteiger partial charge in [-0.2, -0.15) is 0 Å². The number of pyridine rings is 1. The lowest BCUT2D eigenvalue weighted by atomic mass is 10.2. The number of nitrogens with zero attached hydrogens (tertiary/aromatic N) is 1. The fourth-order valence-corrected chi connectivity index (χ4v) is 1.71. The molecule has 6 heteroatoms. The van der Waals surface area contributed by atoms with E-state index in [1.807, 2.05) is 18.3 Å². The van der Waals surface area contributed by atoms with Crippen LogP contribution in [0.25, 0.3) is 0 Å². The predicted molar refractivity (Wildman–Crippen MR) is 85.4 cm³/mol. The zero-order valence-corrected chi connectivity index (χ0v) is 13.7. The van der Waals surface area contributed by atoms with E-state index in [1.54, 1.807) is 0 Å². The first-order valence-electron chi connectivity index (χ1n) is 7.65. The molecule has 22 heavy (non-hydrogen) atoms. The molecule has 1 aromatic rings. The van der Waals surface area contributed by atoms with Crippen molar-refractivity contribution in [1.29, 1.82) is 0 Å². The summed E-state index contributed by atoms with van der Waals surface area (Å²) in [5, 5.41) is 5.97. The Balaban J connectivity index is 2.13. The standard InChI is InChI=1S/C16H27N3O3/c1-13(2)17-6-8-21-11-15-4-5-16(19-10-15)12-22-9-7-18-14(3)20/h4-5,10,13,17H,6-9,11-12H2,1-3H3,(H,18,20). The second-order valence-corrected chi connectivity index (χ2v) is 5.35. The van der Waals surface area contributed by atoms with E-state index in [9.17, 15) is 4.79 Å². The van der Waals surface area contributed by atoms with Gasteiger partial charge in [-0.05, 0) is 11.6 Å². The number of ether oxygens (including phenoxy) is 2. The third-order valence-corrected chi connectivity index (χ3v) is 2.82. The molecule has 1 amide bonds. The molecule has 0 aromatic carbocycles. The second kappa shape index (κ2) is 11.1. The molecule has 0 saturated heterocycles. The van der Waals surface area contributed by atoms with Gasteiger partial charge in [-0.25, -0.2) is 0 Å². The van der Waals surface area contributed by atoms with Crippen LogP contribution in [0.5, 0.6) is 0 Å². The van der Waals surface area contributed by atoms with Crippen molar-refractivity contribution < 1.29 is 14.3 Å². The molecular weight excluding hydrogens is 282 g/mol. The summed E-state index contributed by atoms with van der Waals surface area (Å²) in [5.41, 5.74) is 1.92. The first-order valence-corrected chi connectivity index (χ1v) is 7.65. The van der Waals surface area contributed by atoms with Crippen molar-refractivity contribution in [3.8, 4) is 0 Å². The third kappa shape index (κ3) is 9.44. The van der Waals surface area contributed by atoms with Gasteiger partial charge in [0, 0.05) is 32.3 Å². The largest absolute Gasteiger partial charge is 0.375 e. The van der Waals surface area contributed by atoms with Crippen molar-refractivity contribution in [3.63, 3.8) is 0 Å². The number of hydrogen-bond donors (Lipinski definition) is 2. The summed E-state index contributed by atoms with van der Waals surface area (Å²) >= 11 is 0. The average Bonchev–Trinajstić information content (AvgIpc) is 2.47. The lowest BCUT2D eigenvalue weighted by molar-refractivity contribution is -0.119. The Bertz CT molecular complexity index is 421. The number of carbonyl (C=O) groups excluding carboxylic acids is 1. The summed E-state index contributed by atoms with van der Waals surface area (Å²) in [5.74, 6) is -0.0466. The van der Waals surface area contributed by atoms with Crippen LogP contribution >= 0.6 is 0 Å². The van der Waals surface area contributed by atoms with Gasteiger partial charge in [-0.3, -0.25) is 9.78 Å². The lowest BCUT2D eigenvalue weighted by Gasteiger charge is -2.09. The molecule has 1 rings (SSSR count). The molecule has 124 valence electrons. The number of carbonyl (C=O) groups is 1. The molecule has 6 nitrogen and oxygen atoms in total. The van der Waals surface area contributed by atoms with E-state index in [4.69, 9.17) is 9.47 Å². The van der Waals surface area contributed by atoms with E-state index >= 15 is 0 Å². The Morgan fingerprint density at radius 3 is 2.55 bits per heavy atom. The summed E-state index contributed by atoms with van der Waals surface area (Å²) in [6.07, 6.45) is 1.81. The van der Waals surface area contributed by atoms with Crippen molar-refractivity contribution in [2.24, 2.45) is 0 Å². The van der Waals surface area contributed by atoms with Crippen LogP contribution in [0.4, 0.5) is 0 Å². The molecule has 0 aliphatic rings. The lowest BCUT2D eigenvalue weighted by Crippen LogP contribution is -2.26. The Morgan fingerprint density at radius 1 is 1.18 bits per heavy atom. The topological polar surface area (TPSA) is 72.5 Å². The second-order valence-electron chi connectivity index (χ2n) is 5.35. The highest BCUT2D eigenvalue weighted by molar-refractivity contribution is 5.72. The molecule has 1 heterocycles. The summed E-state index contributed by atoms with van der Waals surface area (Å²) in [7, 11) is 0. The first kappa shape index (κ1) is 18.5.